The van der Waals surface area contributed by atoms with Gasteiger partial charge in [0.15, 0.2) is 4.98 Å². The molecule has 1 aromatic rings. The molecular weight excluding hydrogens is 150 g/mol. The number of halogens is 1. The van der Waals surface area contributed by atoms with E-state index in [2.05, 4.69) is 4.98 Å². The fourth-order valence-corrected chi connectivity index (χ4v) is 0.782. The molecule has 0 saturated carbocycles. The van der Waals surface area contributed by atoms with E-state index in [9.17, 15) is 0 Å². The minimum absolute atomic E-state index is 0.298. The first-order valence-corrected chi connectivity index (χ1v) is 3.02. The van der Waals surface area contributed by atoms with Crippen LogP contribution in [0.4, 0.5) is 11.4 Å². The van der Waals surface area contributed by atoms with Crippen LogP contribution in [0.1, 0.15) is 0 Å². The van der Waals surface area contributed by atoms with Gasteiger partial charge in [-0.3, -0.25) is 0 Å². The molecule has 0 unspecified atom stereocenters. The van der Waals surface area contributed by atoms with Crippen LogP contribution < -0.4 is 5.73 Å². The van der Waals surface area contributed by atoms with E-state index < -0.39 is 0 Å². The molecule has 10 heavy (non-hydrogen) atoms. The molecule has 0 aromatic heterocycles. The van der Waals surface area contributed by atoms with Crippen molar-refractivity contribution in [3.63, 3.8) is 0 Å². The van der Waals surface area contributed by atoms with Crippen LogP contribution in [-0.2, 0) is 0 Å². The molecule has 1 aromatic carbocycles. The standard InChI is InChI=1S/C6H5ClN3/c7-4-2-1-3-5(10-9)6(4)8/h1-3H,8H2/q+1. The lowest BCUT2D eigenvalue weighted by atomic mass is 10.3. The van der Waals surface area contributed by atoms with E-state index in [4.69, 9.17) is 22.7 Å². The van der Waals surface area contributed by atoms with Crippen molar-refractivity contribution in [2.24, 2.45) is 0 Å². The minimum atomic E-state index is 0.298. The summed E-state index contributed by atoms with van der Waals surface area (Å²) >= 11 is 5.60. The van der Waals surface area contributed by atoms with Crippen LogP contribution in [0, 0.1) is 5.39 Å². The Morgan fingerprint density at radius 2 is 2.20 bits per heavy atom. The summed E-state index contributed by atoms with van der Waals surface area (Å²) in [5, 5.41) is 8.73. The number of hydrogen-bond acceptors (Lipinski definition) is 2. The van der Waals surface area contributed by atoms with Gasteiger partial charge in [0.2, 0.25) is 5.39 Å². The fourth-order valence-electron chi connectivity index (χ4n) is 0.613. The number of para-hydroxylation sites is 1. The predicted molar refractivity (Wildman–Crippen MR) is 40.6 cm³/mol. The molecule has 0 heterocycles. The van der Waals surface area contributed by atoms with Crippen molar-refractivity contribution in [2.45, 2.75) is 0 Å². The third-order valence-electron chi connectivity index (χ3n) is 1.14. The van der Waals surface area contributed by atoms with E-state index in [1.165, 1.54) is 0 Å². The van der Waals surface area contributed by atoms with E-state index in [-0.39, 0.29) is 0 Å². The van der Waals surface area contributed by atoms with Gasteiger partial charge in [0, 0.05) is 6.07 Å². The summed E-state index contributed by atoms with van der Waals surface area (Å²) in [6, 6.07) is 4.86. The average Bonchev–Trinajstić information content (AvgIpc) is 1.95. The third kappa shape index (κ3) is 1.02. The highest BCUT2D eigenvalue weighted by atomic mass is 35.5. The van der Waals surface area contributed by atoms with Gasteiger partial charge in [-0.05, 0) is 6.07 Å². The van der Waals surface area contributed by atoms with Crippen molar-refractivity contribution in [1.29, 1.82) is 5.39 Å². The highest BCUT2D eigenvalue weighted by molar-refractivity contribution is 6.33. The number of nitrogens with two attached hydrogens (primary N) is 1. The van der Waals surface area contributed by atoms with Gasteiger partial charge in [-0.2, -0.15) is 0 Å². The summed E-state index contributed by atoms with van der Waals surface area (Å²) in [6.45, 7) is 0. The van der Waals surface area contributed by atoms with Crippen LogP contribution in [0.2, 0.25) is 5.02 Å². The Kier molecular flexibility index (Phi) is 1.74. The van der Waals surface area contributed by atoms with Gasteiger partial charge < -0.3 is 5.73 Å². The van der Waals surface area contributed by atoms with Crippen LogP contribution >= 0.6 is 11.6 Å². The second-order valence-electron chi connectivity index (χ2n) is 1.77. The van der Waals surface area contributed by atoms with Crippen LogP contribution in [0.5, 0.6) is 0 Å². The van der Waals surface area contributed by atoms with E-state index in [0.29, 0.717) is 16.4 Å². The summed E-state index contributed by atoms with van der Waals surface area (Å²) in [4.78, 5) is 2.92. The van der Waals surface area contributed by atoms with Crippen LogP contribution in [-0.4, -0.2) is 0 Å². The van der Waals surface area contributed by atoms with Crippen LogP contribution in [0.15, 0.2) is 18.2 Å². The molecule has 50 valence electrons. The Morgan fingerprint density at radius 1 is 1.50 bits per heavy atom. The third-order valence-corrected chi connectivity index (χ3v) is 1.47. The number of rotatable bonds is 0. The number of hydrogen-bond donors (Lipinski definition) is 1. The molecule has 0 bridgehead atoms. The second-order valence-corrected chi connectivity index (χ2v) is 2.18. The van der Waals surface area contributed by atoms with Crippen molar-refractivity contribution in [1.82, 2.24) is 0 Å². The van der Waals surface area contributed by atoms with Gasteiger partial charge in [-0.25, -0.2) is 0 Å². The smallest absolute Gasteiger partial charge is 0.391 e. The van der Waals surface area contributed by atoms with Gasteiger partial charge >= 0.3 is 5.69 Å². The first-order chi connectivity index (χ1) is 4.75. The molecule has 0 amide bonds. The predicted octanol–water partition coefficient (Wildman–Crippen LogP) is 2.41. The van der Waals surface area contributed by atoms with E-state index in [1.54, 1.807) is 18.2 Å². The number of nitrogens with zero attached hydrogens (tertiary/aromatic N) is 2. The molecule has 1 rings (SSSR count). The monoisotopic (exact) mass is 154 g/mol. The van der Waals surface area contributed by atoms with E-state index >= 15 is 0 Å². The summed E-state index contributed by atoms with van der Waals surface area (Å²) in [5.74, 6) is 0. The number of anilines is 1. The Labute approximate surface area is 63.0 Å². The van der Waals surface area contributed by atoms with E-state index in [0.717, 1.165) is 0 Å². The van der Waals surface area contributed by atoms with Gasteiger partial charge in [0.25, 0.3) is 0 Å². The molecule has 0 atom stereocenters. The molecule has 2 N–H and O–H groups in total. The number of benzene rings is 1. The maximum Gasteiger partial charge on any atom is 0.409 e. The number of diazo groups is 1. The van der Waals surface area contributed by atoms with Crippen LogP contribution in [0.25, 0.3) is 4.98 Å². The maximum atomic E-state index is 8.33. The molecule has 0 aliphatic rings. The van der Waals surface area contributed by atoms with Gasteiger partial charge in [0.1, 0.15) is 5.69 Å². The lowest BCUT2D eigenvalue weighted by molar-refractivity contribution is 1.46. The zero-order chi connectivity index (χ0) is 7.56. The quantitative estimate of drug-likeness (QED) is 0.461. The van der Waals surface area contributed by atoms with Crippen molar-refractivity contribution in [2.75, 3.05) is 5.73 Å². The fraction of sp³-hybridized carbons (Fsp3) is 0. The molecular formula is C6H5ClN3+. The van der Waals surface area contributed by atoms with Gasteiger partial charge in [0.05, 0.1) is 5.02 Å². The van der Waals surface area contributed by atoms with Gasteiger partial charge in [-0.1, -0.05) is 17.7 Å². The zero-order valence-electron chi connectivity index (χ0n) is 5.08. The van der Waals surface area contributed by atoms with Crippen molar-refractivity contribution in [3.8, 4) is 0 Å². The Balaban J connectivity index is 3.31. The lowest BCUT2D eigenvalue weighted by Gasteiger charge is -1.88. The zero-order valence-corrected chi connectivity index (χ0v) is 5.84. The maximum absolute atomic E-state index is 8.33. The highest BCUT2D eigenvalue weighted by Crippen LogP contribution is 2.28. The molecule has 0 aliphatic heterocycles. The Bertz CT molecular complexity index is 290. The lowest BCUT2D eigenvalue weighted by Crippen LogP contribution is -1.84. The average molecular weight is 155 g/mol. The molecule has 3 nitrogen and oxygen atoms in total. The van der Waals surface area contributed by atoms with Crippen molar-refractivity contribution < 1.29 is 0 Å². The second kappa shape index (κ2) is 2.54. The molecule has 0 radical (unpaired) electrons. The normalized spacial score (nSPS) is 8.80. The Hall–Kier alpha value is -1.27. The topological polar surface area (TPSA) is 54.2 Å². The first kappa shape index (κ1) is 6.84. The van der Waals surface area contributed by atoms with Crippen molar-refractivity contribution >= 4 is 23.0 Å². The minimum Gasteiger partial charge on any atom is -0.391 e. The molecule has 0 spiro atoms. The molecule has 0 fully saturated rings. The molecule has 4 heteroatoms. The first-order valence-electron chi connectivity index (χ1n) is 2.65. The summed E-state index contributed by atoms with van der Waals surface area (Å²) in [7, 11) is 0. The summed E-state index contributed by atoms with van der Waals surface area (Å²) in [5.41, 5.74) is 6.00. The summed E-state index contributed by atoms with van der Waals surface area (Å²) < 4.78 is 0. The molecule has 0 saturated heterocycles. The SMILES string of the molecule is N#[N+]c1cccc(Cl)c1N. The summed E-state index contributed by atoms with van der Waals surface area (Å²) in [6.07, 6.45) is 0. The van der Waals surface area contributed by atoms with E-state index in [1.807, 2.05) is 0 Å². The van der Waals surface area contributed by atoms with Crippen LogP contribution in [0.3, 0.4) is 0 Å². The number of nitrogen functional groups attached to an aromatic ring is 1. The van der Waals surface area contributed by atoms with Crippen molar-refractivity contribution in [3.05, 3.63) is 28.2 Å². The largest absolute Gasteiger partial charge is 0.409 e. The van der Waals surface area contributed by atoms with Gasteiger partial charge in [-0.15, -0.1) is 0 Å². The highest BCUT2D eigenvalue weighted by Gasteiger charge is 2.11. The Morgan fingerprint density at radius 3 is 2.70 bits per heavy atom. The molecule has 0 aliphatic carbocycles.